The lowest BCUT2D eigenvalue weighted by atomic mass is 9.96. The van der Waals surface area contributed by atoms with Gasteiger partial charge in [0, 0.05) is 17.6 Å². The lowest BCUT2D eigenvalue weighted by Crippen LogP contribution is -2.40. The third-order valence-electron chi connectivity index (χ3n) is 4.43. The summed E-state index contributed by atoms with van der Waals surface area (Å²) in [5.41, 5.74) is 7.46. The van der Waals surface area contributed by atoms with E-state index < -0.39 is 0 Å². The molecule has 0 aliphatic carbocycles. The van der Waals surface area contributed by atoms with Gasteiger partial charge in [0.05, 0.1) is 12.1 Å². The van der Waals surface area contributed by atoms with Crippen molar-refractivity contribution >= 4 is 11.6 Å². The summed E-state index contributed by atoms with van der Waals surface area (Å²) in [6.45, 7) is 5.84. The number of aliphatic hydroxyl groups is 1. The minimum atomic E-state index is -0.259. The van der Waals surface area contributed by atoms with Gasteiger partial charge in [0.15, 0.2) is 0 Å². The molecule has 0 bridgehead atoms. The second kappa shape index (κ2) is 6.90. The maximum atomic E-state index is 9.79. The molecule has 0 spiro atoms. The molecule has 0 amide bonds. The molecule has 1 aliphatic heterocycles. The van der Waals surface area contributed by atoms with Crippen molar-refractivity contribution < 1.29 is 5.11 Å². The third kappa shape index (κ3) is 3.34. The lowest BCUT2D eigenvalue weighted by molar-refractivity contribution is 0.118. The fourth-order valence-corrected chi connectivity index (χ4v) is 3.35. The van der Waals surface area contributed by atoms with Crippen LogP contribution in [0.2, 0.25) is 5.02 Å². The summed E-state index contributed by atoms with van der Waals surface area (Å²) in [5.74, 6) is 0.337. The Hall–Kier alpha value is -0.610. The van der Waals surface area contributed by atoms with E-state index in [-0.39, 0.29) is 18.2 Å². The van der Waals surface area contributed by atoms with E-state index in [1.807, 2.05) is 25.1 Å². The minimum absolute atomic E-state index is 0.0580. The van der Waals surface area contributed by atoms with E-state index in [2.05, 4.69) is 17.9 Å². The monoisotopic (exact) mass is 296 g/mol. The van der Waals surface area contributed by atoms with Crippen LogP contribution in [0.3, 0.4) is 0 Å². The van der Waals surface area contributed by atoms with Crippen LogP contribution in [0.25, 0.3) is 0 Å². The quantitative estimate of drug-likeness (QED) is 0.878. The first kappa shape index (κ1) is 15.8. The normalized spacial score (nSPS) is 24.6. The van der Waals surface area contributed by atoms with Crippen molar-refractivity contribution in [1.82, 2.24) is 4.90 Å². The number of hydrogen-bond donors (Lipinski definition) is 2. The van der Waals surface area contributed by atoms with Gasteiger partial charge in [-0.15, -0.1) is 0 Å². The van der Waals surface area contributed by atoms with Crippen LogP contribution in [-0.2, 0) is 0 Å². The predicted octanol–water partition coefficient (Wildman–Crippen LogP) is 2.82. The Labute approximate surface area is 126 Å². The first-order valence-corrected chi connectivity index (χ1v) is 7.84. The second-order valence-electron chi connectivity index (χ2n) is 5.82. The molecule has 2 rings (SSSR count). The van der Waals surface area contributed by atoms with E-state index in [1.54, 1.807) is 0 Å². The van der Waals surface area contributed by atoms with Gasteiger partial charge in [0.1, 0.15) is 0 Å². The molecule has 1 aromatic carbocycles. The Morgan fingerprint density at radius 1 is 1.45 bits per heavy atom. The standard InChI is InChI=1S/C16H25ClN2O/c1-3-15(18)16(13-6-4-5-7-14(13)17)19-9-8-12(10-19)11(2)20/h4-7,11-12,15-16,20H,3,8-10,18H2,1-2H3. The number of benzene rings is 1. The Kier molecular flexibility index (Phi) is 5.44. The van der Waals surface area contributed by atoms with Crippen molar-refractivity contribution in [2.24, 2.45) is 11.7 Å². The van der Waals surface area contributed by atoms with Crippen LogP contribution in [0.1, 0.15) is 38.3 Å². The van der Waals surface area contributed by atoms with Crippen LogP contribution < -0.4 is 5.73 Å². The summed E-state index contributed by atoms with van der Waals surface area (Å²) < 4.78 is 0. The molecule has 1 fully saturated rings. The maximum Gasteiger partial charge on any atom is 0.0552 e. The van der Waals surface area contributed by atoms with Crippen molar-refractivity contribution in [3.05, 3.63) is 34.9 Å². The SMILES string of the molecule is CCC(N)C(c1ccccc1Cl)N1CCC(C(C)O)C1. The fraction of sp³-hybridized carbons (Fsp3) is 0.625. The molecule has 0 aromatic heterocycles. The Morgan fingerprint density at radius 3 is 2.70 bits per heavy atom. The largest absolute Gasteiger partial charge is 0.393 e. The van der Waals surface area contributed by atoms with Gasteiger partial charge in [-0.1, -0.05) is 36.7 Å². The number of nitrogens with two attached hydrogens (primary N) is 1. The average Bonchev–Trinajstić information content (AvgIpc) is 2.90. The Bertz CT molecular complexity index is 438. The highest BCUT2D eigenvalue weighted by atomic mass is 35.5. The Balaban J connectivity index is 2.24. The highest BCUT2D eigenvalue weighted by Gasteiger charge is 2.34. The van der Waals surface area contributed by atoms with Gasteiger partial charge in [-0.05, 0) is 43.9 Å². The zero-order valence-electron chi connectivity index (χ0n) is 12.3. The molecule has 4 atom stereocenters. The van der Waals surface area contributed by atoms with E-state index in [0.29, 0.717) is 5.92 Å². The van der Waals surface area contributed by atoms with Crippen LogP contribution >= 0.6 is 11.6 Å². The number of likely N-dealkylation sites (tertiary alicyclic amines) is 1. The van der Waals surface area contributed by atoms with Crippen molar-refractivity contribution in [2.75, 3.05) is 13.1 Å². The molecule has 20 heavy (non-hydrogen) atoms. The number of halogens is 1. The summed E-state index contributed by atoms with van der Waals surface area (Å²) in [6, 6.07) is 8.15. The average molecular weight is 297 g/mol. The zero-order valence-corrected chi connectivity index (χ0v) is 13.1. The highest BCUT2D eigenvalue weighted by Crippen LogP contribution is 2.34. The third-order valence-corrected chi connectivity index (χ3v) is 4.78. The van der Waals surface area contributed by atoms with Crippen molar-refractivity contribution in [1.29, 1.82) is 0 Å². The smallest absolute Gasteiger partial charge is 0.0552 e. The first-order valence-electron chi connectivity index (χ1n) is 7.46. The molecule has 1 aromatic rings. The van der Waals surface area contributed by atoms with E-state index in [9.17, 15) is 5.11 Å². The summed E-state index contributed by atoms with van der Waals surface area (Å²) >= 11 is 6.37. The molecule has 4 unspecified atom stereocenters. The van der Waals surface area contributed by atoms with Crippen LogP contribution in [0.4, 0.5) is 0 Å². The van der Waals surface area contributed by atoms with E-state index >= 15 is 0 Å². The van der Waals surface area contributed by atoms with Crippen LogP contribution in [-0.4, -0.2) is 35.2 Å². The number of rotatable bonds is 5. The molecular weight excluding hydrogens is 272 g/mol. The van der Waals surface area contributed by atoms with E-state index in [4.69, 9.17) is 17.3 Å². The molecule has 0 saturated carbocycles. The molecule has 0 radical (unpaired) electrons. The maximum absolute atomic E-state index is 9.79. The minimum Gasteiger partial charge on any atom is -0.393 e. The van der Waals surface area contributed by atoms with Crippen LogP contribution in [0.15, 0.2) is 24.3 Å². The van der Waals surface area contributed by atoms with Crippen molar-refractivity contribution in [2.45, 2.75) is 44.9 Å². The van der Waals surface area contributed by atoms with E-state index in [0.717, 1.165) is 36.5 Å². The van der Waals surface area contributed by atoms with Crippen LogP contribution in [0.5, 0.6) is 0 Å². The van der Waals surface area contributed by atoms with Gasteiger partial charge in [-0.25, -0.2) is 0 Å². The molecule has 1 aliphatic rings. The molecule has 1 heterocycles. The van der Waals surface area contributed by atoms with Crippen molar-refractivity contribution in [3.8, 4) is 0 Å². The number of hydrogen-bond acceptors (Lipinski definition) is 3. The van der Waals surface area contributed by atoms with Gasteiger partial charge in [0.25, 0.3) is 0 Å². The summed E-state index contributed by atoms with van der Waals surface area (Å²) in [4.78, 5) is 2.38. The number of nitrogens with zero attached hydrogens (tertiary/aromatic N) is 1. The second-order valence-corrected chi connectivity index (χ2v) is 6.23. The van der Waals surface area contributed by atoms with Crippen LogP contribution in [0, 0.1) is 5.92 Å². The summed E-state index contributed by atoms with van der Waals surface area (Å²) in [6.07, 6.45) is 1.67. The first-order chi connectivity index (χ1) is 9.54. The van der Waals surface area contributed by atoms with Gasteiger partial charge < -0.3 is 10.8 Å². The van der Waals surface area contributed by atoms with Gasteiger partial charge >= 0.3 is 0 Å². The summed E-state index contributed by atoms with van der Waals surface area (Å²) in [5, 5.41) is 10.6. The molecule has 4 heteroatoms. The zero-order chi connectivity index (χ0) is 14.7. The molecule has 3 N–H and O–H groups in total. The topological polar surface area (TPSA) is 49.5 Å². The Morgan fingerprint density at radius 2 is 2.15 bits per heavy atom. The van der Waals surface area contributed by atoms with E-state index in [1.165, 1.54) is 0 Å². The highest BCUT2D eigenvalue weighted by molar-refractivity contribution is 6.31. The lowest BCUT2D eigenvalue weighted by Gasteiger charge is -2.33. The van der Waals surface area contributed by atoms with Gasteiger partial charge in [-0.3, -0.25) is 4.90 Å². The molecular formula is C16H25ClN2O. The molecule has 1 saturated heterocycles. The fourth-order valence-electron chi connectivity index (χ4n) is 3.10. The molecule has 112 valence electrons. The van der Waals surface area contributed by atoms with Gasteiger partial charge in [0.2, 0.25) is 0 Å². The number of aliphatic hydroxyl groups excluding tert-OH is 1. The van der Waals surface area contributed by atoms with Gasteiger partial charge in [-0.2, -0.15) is 0 Å². The predicted molar refractivity (Wildman–Crippen MR) is 83.8 cm³/mol. The molecule has 3 nitrogen and oxygen atoms in total. The summed E-state index contributed by atoms with van der Waals surface area (Å²) in [7, 11) is 0. The van der Waals surface area contributed by atoms with Crippen molar-refractivity contribution in [3.63, 3.8) is 0 Å².